The van der Waals surface area contributed by atoms with Crippen molar-refractivity contribution in [2.45, 2.75) is 45.8 Å². The van der Waals surface area contributed by atoms with E-state index in [9.17, 15) is 9.90 Å². The van der Waals surface area contributed by atoms with Gasteiger partial charge in [0.2, 0.25) is 5.89 Å². The fourth-order valence-corrected chi connectivity index (χ4v) is 2.67. The second kappa shape index (κ2) is 5.88. The fraction of sp³-hybridized carbons (Fsp3) is 0.571. The van der Waals surface area contributed by atoms with Crippen molar-refractivity contribution >= 4 is 5.97 Å². The van der Waals surface area contributed by atoms with Crippen LogP contribution in [-0.4, -0.2) is 42.1 Å². The zero-order chi connectivity index (χ0) is 15.7. The molecule has 0 aromatic carbocycles. The van der Waals surface area contributed by atoms with Crippen molar-refractivity contribution < 1.29 is 14.4 Å². The van der Waals surface area contributed by atoms with Crippen LogP contribution in [0, 0.1) is 5.92 Å². The molecule has 118 valence electrons. The third-order valence-corrected chi connectivity index (χ3v) is 3.72. The normalized spacial score (nSPS) is 18.6. The van der Waals surface area contributed by atoms with Crippen LogP contribution in [0.3, 0.4) is 0 Å². The van der Waals surface area contributed by atoms with Crippen molar-refractivity contribution in [2.75, 3.05) is 0 Å². The first-order valence-corrected chi connectivity index (χ1v) is 7.32. The summed E-state index contributed by atoms with van der Waals surface area (Å²) in [4.78, 5) is 24.9. The number of carboxylic acid groups (broad SMARTS) is 1. The van der Waals surface area contributed by atoms with Crippen molar-refractivity contribution in [1.82, 2.24) is 25.0 Å². The zero-order valence-electron chi connectivity index (χ0n) is 12.6. The maximum Gasteiger partial charge on any atom is 0.321 e. The van der Waals surface area contributed by atoms with Crippen molar-refractivity contribution in [3.05, 3.63) is 29.4 Å². The van der Waals surface area contributed by atoms with E-state index in [2.05, 4.69) is 34.0 Å². The number of carbonyl (C=O) groups is 1. The van der Waals surface area contributed by atoms with Crippen molar-refractivity contribution in [1.29, 1.82) is 0 Å². The zero-order valence-corrected chi connectivity index (χ0v) is 12.6. The minimum Gasteiger partial charge on any atom is -0.480 e. The lowest BCUT2D eigenvalue weighted by molar-refractivity contribution is -0.144. The molecule has 2 N–H and O–H groups in total. The summed E-state index contributed by atoms with van der Waals surface area (Å²) in [5.74, 6) is 0.683. The third kappa shape index (κ3) is 3.01. The van der Waals surface area contributed by atoms with Gasteiger partial charge in [0, 0.05) is 19.4 Å². The van der Waals surface area contributed by atoms with Crippen LogP contribution >= 0.6 is 0 Å². The highest BCUT2D eigenvalue weighted by Gasteiger charge is 2.33. The molecule has 0 saturated carbocycles. The first-order valence-electron chi connectivity index (χ1n) is 7.32. The first kappa shape index (κ1) is 14.7. The maximum atomic E-state index is 11.5. The van der Waals surface area contributed by atoms with Gasteiger partial charge in [-0.2, -0.15) is 4.98 Å². The van der Waals surface area contributed by atoms with Crippen LogP contribution in [0.4, 0.5) is 0 Å². The Morgan fingerprint density at radius 2 is 2.41 bits per heavy atom. The van der Waals surface area contributed by atoms with Crippen LogP contribution in [0.2, 0.25) is 0 Å². The highest BCUT2D eigenvalue weighted by atomic mass is 16.5. The monoisotopic (exact) mass is 305 g/mol. The molecule has 0 aliphatic carbocycles. The molecule has 8 heteroatoms. The maximum absolute atomic E-state index is 11.5. The number of imidazole rings is 1. The largest absolute Gasteiger partial charge is 0.480 e. The van der Waals surface area contributed by atoms with Crippen LogP contribution < -0.4 is 0 Å². The molecule has 0 bridgehead atoms. The predicted octanol–water partition coefficient (Wildman–Crippen LogP) is 1.00. The summed E-state index contributed by atoms with van der Waals surface area (Å²) in [5, 5.41) is 13.4. The Morgan fingerprint density at radius 3 is 3.14 bits per heavy atom. The summed E-state index contributed by atoms with van der Waals surface area (Å²) >= 11 is 0. The van der Waals surface area contributed by atoms with Crippen LogP contribution in [-0.2, 0) is 30.7 Å². The number of hydrogen-bond acceptors (Lipinski definition) is 6. The van der Waals surface area contributed by atoms with Gasteiger partial charge in [0.05, 0.1) is 24.3 Å². The van der Waals surface area contributed by atoms with E-state index in [-0.39, 0.29) is 0 Å². The number of nitrogens with zero attached hydrogens (tertiary/aromatic N) is 4. The van der Waals surface area contributed by atoms with E-state index in [1.165, 1.54) is 0 Å². The lowest BCUT2D eigenvalue weighted by Gasteiger charge is -2.31. The Hall–Kier alpha value is -2.22. The Kier molecular flexibility index (Phi) is 3.93. The molecule has 0 saturated heterocycles. The molecule has 3 rings (SSSR count). The average molecular weight is 305 g/mol. The molecule has 0 amide bonds. The lowest BCUT2D eigenvalue weighted by Crippen LogP contribution is -2.45. The van der Waals surface area contributed by atoms with E-state index in [4.69, 9.17) is 4.52 Å². The standard InChI is InChI=1S/C14H19N5O3/c1-8(2)3-13-17-12(18-22-13)6-19-5-10-9(15-7-16-10)4-11(19)14(20)21/h7-8,11H,3-6H2,1-2H3,(H,15,16)(H,20,21). The second-order valence-corrected chi connectivity index (χ2v) is 5.99. The predicted molar refractivity (Wildman–Crippen MR) is 75.8 cm³/mol. The van der Waals surface area contributed by atoms with Crippen LogP contribution in [0.1, 0.15) is 37.0 Å². The van der Waals surface area contributed by atoms with Crippen molar-refractivity contribution in [3.63, 3.8) is 0 Å². The molecule has 0 spiro atoms. The first-order chi connectivity index (χ1) is 10.5. The van der Waals surface area contributed by atoms with Gasteiger partial charge in [-0.25, -0.2) is 4.98 Å². The summed E-state index contributed by atoms with van der Waals surface area (Å²) in [6, 6.07) is -0.622. The van der Waals surface area contributed by atoms with E-state index in [0.29, 0.717) is 37.1 Å². The van der Waals surface area contributed by atoms with Crippen LogP contribution in [0.15, 0.2) is 10.9 Å². The van der Waals surface area contributed by atoms with E-state index >= 15 is 0 Å². The number of aliphatic carboxylic acids is 1. The quantitative estimate of drug-likeness (QED) is 0.848. The highest BCUT2D eigenvalue weighted by Crippen LogP contribution is 2.22. The van der Waals surface area contributed by atoms with Gasteiger partial charge < -0.3 is 14.6 Å². The number of rotatable bonds is 5. The van der Waals surface area contributed by atoms with Gasteiger partial charge in [-0.15, -0.1) is 0 Å². The van der Waals surface area contributed by atoms with Crippen molar-refractivity contribution in [3.8, 4) is 0 Å². The molecule has 1 unspecified atom stereocenters. The van der Waals surface area contributed by atoms with Gasteiger partial charge >= 0.3 is 5.97 Å². The van der Waals surface area contributed by atoms with E-state index in [1.54, 1.807) is 6.33 Å². The van der Waals surface area contributed by atoms with Gasteiger partial charge in [-0.3, -0.25) is 9.69 Å². The molecule has 22 heavy (non-hydrogen) atoms. The molecule has 3 heterocycles. The smallest absolute Gasteiger partial charge is 0.321 e. The van der Waals surface area contributed by atoms with Gasteiger partial charge in [0.15, 0.2) is 5.82 Å². The number of nitrogens with one attached hydrogen (secondary N) is 1. The Labute approximate surface area is 127 Å². The van der Waals surface area contributed by atoms with Gasteiger partial charge in [-0.1, -0.05) is 19.0 Å². The molecule has 8 nitrogen and oxygen atoms in total. The molecular weight excluding hydrogens is 286 g/mol. The number of fused-ring (bicyclic) bond motifs is 1. The van der Waals surface area contributed by atoms with Crippen molar-refractivity contribution in [2.24, 2.45) is 5.92 Å². The van der Waals surface area contributed by atoms with E-state index < -0.39 is 12.0 Å². The van der Waals surface area contributed by atoms with Gasteiger partial charge in [0.25, 0.3) is 0 Å². The molecule has 2 aromatic rings. The molecule has 1 atom stereocenters. The highest BCUT2D eigenvalue weighted by molar-refractivity contribution is 5.74. The van der Waals surface area contributed by atoms with E-state index in [1.807, 2.05) is 4.90 Å². The number of aromatic amines is 1. The second-order valence-electron chi connectivity index (χ2n) is 5.99. The number of aromatic nitrogens is 4. The fourth-order valence-electron chi connectivity index (χ4n) is 2.67. The van der Waals surface area contributed by atoms with Crippen LogP contribution in [0.25, 0.3) is 0 Å². The number of H-pyrrole nitrogens is 1. The summed E-state index contributed by atoms with van der Waals surface area (Å²) in [6.45, 7) is 4.99. The molecule has 2 aromatic heterocycles. The Morgan fingerprint density at radius 1 is 1.59 bits per heavy atom. The van der Waals surface area contributed by atoms with Gasteiger partial charge in [0.1, 0.15) is 6.04 Å². The average Bonchev–Trinajstić information content (AvgIpc) is 3.06. The number of carboxylic acids is 1. The van der Waals surface area contributed by atoms with Gasteiger partial charge in [-0.05, 0) is 5.92 Å². The minimum atomic E-state index is -0.862. The Bertz CT molecular complexity index is 663. The summed E-state index contributed by atoms with van der Waals surface area (Å²) in [5.41, 5.74) is 1.76. The van der Waals surface area contributed by atoms with Crippen LogP contribution in [0.5, 0.6) is 0 Å². The lowest BCUT2D eigenvalue weighted by atomic mass is 10.0. The topological polar surface area (TPSA) is 108 Å². The molecule has 0 fully saturated rings. The summed E-state index contributed by atoms with van der Waals surface area (Å²) in [7, 11) is 0. The molecule has 1 aliphatic rings. The SMILES string of the molecule is CC(C)Cc1nc(CN2Cc3[nH]cnc3CC2C(=O)O)no1. The molecule has 1 aliphatic heterocycles. The van der Waals surface area contributed by atoms with E-state index in [0.717, 1.165) is 17.8 Å². The Balaban J connectivity index is 1.75. The summed E-state index contributed by atoms with van der Waals surface area (Å²) < 4.78 is 5.21. The molecular formula is C14H19N5O3. The third-order valence-electron chi connectivity index (χ3n) is 3.72. The molecule has 0 radical (unpaired) electrons. The summed E-state index contributed by atoms with van der Waals surface area (Å²) in [6.07, 6.45) is 2.70. The minimum absolute atomic E-state index is 0.344. The number of hydrogen-bond donors (Lipinski definition) is 2.